The molecule has 1 fully saturated rings. The molecule has 1 aliphatic heterocycles. The predicted molar refractivity (Wildman–Crippen MR) is 130 cm³/mol. The van der Waals surface area contributed by atoms with E-state index in [2.05, 4.69) is 53.1 Å². The largest absolute Gasteiger partial charge is 0.488 e. The molecule has 0 N–H and O–H groups in total. The first-order chi connectivity index (χ1) is 16.2. The highest BCUT2D eigenvalue weighted by atomic mass is 16.5. The number of nitrogens with zero attached hydrogens (tertiary/aromatic N) is 3. The van der Waals surface area contributed by atoms with Crippen LogP contribution < -0.4 is 10.3 Å². The summed E-state index contributed by atoms with van der Waals surface area (Å²) in [5.74, 6) is 0.847. The number of fused-ring (bicyclic) bond motifs is 1. The number of ether oxygens (including phenoxy) is 2. The highest BCUT2D eigenvalue weighted by Gasteiger charge is 2.28. The van der Waals surface area contributed by atoms with Crippen molar-refractivity contribution in [1.29, 1.82) is 0 Å². The highest BCUT2D eigenvalue weighted by Crippen LogP contribution is 2.36. The fraction of sp³-hybridized carbons (Fsp3) is 0.333. The van der Waals surface area contributed by atoms with E-state index in [-0.39, 0.29) is 11.6 Å². The Morgan fingerprint density at radius 2 is 1.88 bits per heavy atom. The molecule has 0 aliphatic carbocycles. The van der Waals surface area contributed by atoms with Crippen LogP contribution in [0.1, 0.15) is 31.4 Å². The van der Waals surface area contributed by atoms with E-state index in [4.69, 9.17) is 14.5 Å². The summed E-state index contributed by atoms with van der Waals surface area (Å²) in [5, 5.41) is 0. The highest BCUT2D eigenvalue weighted by molar-refractivity contribution is 5.82. The Hall–Kier alpha value is -3.38. The lowest BCUT2D eigenvalue weighted by Crippen LogP contribution is -2.26. The quantitative estimate of drug-likeness (QED) is 0.429. The predicted octanol–water partition coefficient (Wildman–Crippen LogP) is 4.82. The lowest BCUT2D eigenvalue weighted by atomic mass is 9.86. The Bertz CT molecular complexity index is 1300. The van der Waals surface area contributed by atoms with E-state index in [0.717, 1.165) is 48.2 Å². The lowest BCUT2D eigenvalue weighted by molar-refractivity contribution is 0.0547. The van der Waals surface area contributed by atoms with Crippen LogP contribution in [-0.4, -0.2) is 33.9 Å². The Morgan fingerprint density at radius 1 is 1.09 bits per heavy atom. The van der Waals surface area contributed by atoms with Gasteiger partial charge in [-0.2, -0.15) is 0 Å². The number of hydrogen-bond acceptors (Lipinski definition) is 4. The van der Waals surface area contributed by atoms with Gasteiger partial charge < -0.3 is 18.6 Å². The van der Waals surface area contributed by atoms with Crippen molar-refractivity contribution in [3.63, 3.8) is 0 Å². The normalized spacial score (nSPS) is 15.6. The van der Waals surface area contributed by atoms with Crippen molar-refractivity contribution in [2.24, 2.45) is 13.0 Å². The molecule has 1 atom stereocenters. The maximum absolute atomic E-state index is 12.4. The van der Waals surface area contributed by atoms with Crippen LogP contribution in [0.15, 0.2) is 71.9 Å². The summed E-state index contributed by atoms with van der Waals surface area (Å²) >= 11 is 0. The van der Waals surface area contributed by atoms with Gasteiger partial charge in [-0.15, -0.1) is 0 Å². The molecule has 2 aromatic carbocycles. The Balaban J connectivity index is 1.63. The van der Waals surface area contributed by atoms with Crippen LogP contribution in [0, 0.1) is 5.92 Å². The topological polar surface area (TPSA) is 58.3 Å². The van der Waals surface area contributed by atoms with Gasteiger partial charge in [0.25, 0.3) is 5.56 Å². The van der Waals surface area contributed by atoms with Gasteiger partial charge >= 0.3 is 0 Å². The molecule has 1 saturated heterocycles. The molecule has 3 heterocycles. The van der Waals surface area contributed by atoms with Crippen molar-refractivity contribution in [1.82, 2.24) is 14.1 Å². The second-order valence-electron chi connectivity index (χ2n) is 8.60. The molecule has 1 aliphatic rings. The molecule has 6 heteroatoms. The molecule has 0 spiro atoms. The molecule has 4 aromatic rings. The van der Waals surface area contributed by atoms with Crippen molar-refractivity contribution >= 4 is 11.0 Å². The average molecular weight is 444 g/mol. The Kier molecular flexibility index (Phi) is 6.01. The molecule has 170 valence electrons. The first-order valence-electron chi connectivity index (χ1n) is 11.6. The number of rotatable bonds is 6. The van der Waals surface area contributed by atoms with Crippen LogP contribution in [0.25, 0.3) is 22.2 Å². The van der Waals surface area contributed by atoms with E-state index in [1.165, 1.54) is 5.56 Å². The molecule has 0 radical (unpaired) electrons. The minimum absolute atomic E-state index is 0.129. The van der Waals surface area contributed by atoms with Crippen LogP contribution in [0.4, 0.5) is 0 Å². The molecule has 33 heavy (non-hydrogen) atoms. The van der Waals surface area contributed by atoms with Gasteiger partial charge in [0.15, 0.2) is 5.75 Å². The van der Waals surface area contributed by atoms with Crippen LogP contribution in [0.2, 0.25) is 0 Å². The summed E-state index contributed by atoms with van der Waals surface area (Å²) in [4.78, 5) is 17.1. The number of aryl methyl sites for hydroxylation is 1. The number of aromatic nitrogens is 3. The summed E-state index contributed by atoms with van der Waals surface area (Å²) in [6.45, 7) is 3.93. The molecule has 0 bridgehead atoms. The lowest BCUT2D eigenvalue weighted by Gasteiger charge is -2.32. The summed E-state index contributed by atoms with van der Waals surface area (Å²) in [6.07, 6.45) is 5.88. The average Bonchev–Trinajstić information content (AvgIpc) is 3.26. The molecular weight excluding hydrogens is 414 g/mol. The van der Waals surface area contributed by atoms with Gasteiger partial charge in [-0.25, -0.2) is 4.98 Å². The third kappa shape index (κ3) is 4.18. The zero-order valence-electron chi connectivity index (χ0n) is 19.1. The zero-order chi connectivity index (χ0) is 22.8. The number of pyridine rings is 1. The van der Waals surface area contributed by atoms with Gasteiger partial charge in [-0.3, -0.25) is 4.79 Å². The monoisotopic (exact) mass is 443 g/mol. The van der Waals surface area contributed by atoms with Gasteiger partial charge in [0.2, 0.25) is 0 Å². The molecule has 1 unspecified atom stereocenters. The Labute approximate surface area is 193 Å². The first kappa shape index (κ1) is 21.5. The zero-order valence-corrected chi connectivity index (χ0v) is 19.1. The molecule has 0 saturated carbocycles. The van der Waals surface area contributed by atoms with Gasteiger partial charge in [-0.05, 0) is 55.0 Å². The molecule has 0 amide bonds. The fourth-order valence-electron chi connectivity index (χ4n) is 4.87. The van der Waals surface area contributed by atoms with E-state index >= 15 is 0 Å². The summed E-state index contributed by atoms with van der Waals surface area (Å²) in [5.41, 5.74) is 5.17. The molecule has 5 rings (SSSR count). The van der Waals surface area contributed by atoms with Gasteiger partial charge in [0.05, 0.1) is 30.0 Å². The van der Waals surface area contributed by atoms with Crippen LogP contribution >= 0.6 is 0 Å². The van der Waals surface area contributed by atoms with Crippen molar-refractivity contribution in [2.45, 2.75) is 25.8 Å². The second kappa shape index (κ2) is 9.24. The van der Waals surface area contributed by atoms with Crippen molar-refractivity contribution in [3.8, 4) is 16.9 Å². The Morgan fingerprint density at radius 3 is 2.64 bits per heavy atom. The number of hydrogen-bond donors (Lipinski definition) is 0. The van der Waals surface area contributed by atoms with E-state index in [1.54, 1.807) is 11.6 Å². The van der Waals surface area contributed by atoms with E-state index < -0.39 is 0 Å². The third-order valence-corrected chi connectivity index (χ3v) is 6.51. The maximum Gasteiger partial charge on any atom is 0.292 e. The fourth-order valence-corrected chi connectivity index (χ4v) is 4.87. The van der Waals surface area contributed by atoms with E-state index in [0.29, 0.717) is 18.3 Å². The smallest absolute Gasteiger partial charge is 0.292 e. The molecule has 6 nitrogen and oxygen atoms in total. The third-order valence-electron chi connectivity index (χ3n) is 6.51. The molecular formula is C27H29N3O3. The van der Waals surface area contributed by atoms with Crippen LogP contribution in [0.5, 0.6) is 5.75 Å². The van der Waals surface area contributed by atoms with E-state index in [9.17, 15) is 4.79 Å². The second-order valence-corrected chi connectivity index (χ2v) is 8.60. The standard InChI is InChI=1S/C27H29N3O3/c1-3-33-25-16-22(17-29(2)27(25)31)21-9-10-23-24(15-21)30(18-28-23)26(19-7-5-4-6-8-19)20-11-13-32-14-12-20/h4-10,15-18,20,26H,3,11-14H2,1-2H3. The minimum atomic E-state index is -0.129. The number of imidazole rings is 1. The summed E-state index contributed by atoms with van der Waals surface area (Å²) in [6, 6.07) is 19.0. The van der Waals surface area contributed by atoms with Crippen molar-refractivity contribution in [3.05, 3.63) is 83.0 Å². The van der Waals surface area contributed by atoms with Crippen molar-refractivity contribution in [2.75, 3.05) is 19.8 Å². The van der Waals surface area contributed by atoms with E-state index in [1.807, 2.05) is 25.5 Å². The molecule has 2 aromatic heterocycles. The number of benzene rings is 2. The van der Waals surface area contributed by atoms with Crippen molar-refractivity contribution < 1.29 is 9.47 Å². The van der Waals surface area contributed by atoms with Crippen LogP contribution in [-0.2, 0) is 11.8 Å². The van der Waals surface area contributed by atoms with Gasteiger partial charge in [-0.1, -0.05) is 36.4 Å². The minimum Gasteiger partial charge on any atom is -0.488 e. The maximum atomic E-state index is 12.4. The van der Waals surface area contributed by atoms with Crippen LogP contribution in [0.3, 0.4) is 0 Å². The van der Waals surface area contributed by atoms with Gasteiger partial charge in [0, 0.05) is 32.0 Å². The first-order valence-corrected chi connectivity index (χ1v) is 11.6. The summed E-state index contributed by atoms with van der Waals surface area (Å²) in [7, 11) is 1.76. The summed E-state index contributed by atoms with van der Waals surface area (Å²) < 4.78 is 15.1. The van der Waals surface area contributed by atoms with Gasteiger partial charge in [0.1, 0.15) is 0 Å². The SMILES string of the molecule is CCOc1cc(-c2ccc3ncn(C(c4ccccc4)C4CCOCC4)c3c2)cn(C)c1=O.